The van der Waals surface area contributed by atoms with Crippen LogP contribution in [0.2, 0.25) is 0 Å². The van der Waals surface area contributed by atoms with E-state index >= 15 is 0 Å². The molecule has 5 rings (SSSR count). The molecule has 0 N–H and O–H groups in total. The maximum absolute atomic E-state index is 11.8. The largest absolute Gasteiger partial charge is 0.352 e. The summed E-state index contributed by atoms with van der Waals surface area (Å²) in [5.41, 5.74) is 5.22. The number of hydrogen-bond acceptors (Lipinski definition) is 6. The molecule has 4 aromatic rings. The predicted molar refractivity (Wildman–Crippen MR) is 132 cm³/mol. The molecule has 1 aliphatic rings. The van der Waals surface area contributed by atoms with E-state index in [9.17, 15) is 4.79 Å². The molecule has 3 heterocycles. The van der Waals surface area contributed by atoms with Gasteiger partial charge in [0.15, 0.2) is 5.78 Å². The summed E-state index contributed by atoms with van der Waals surface area (Å²) < 4.78 is 1.96. The lowest BCUT2D eigenvalue weighted by Crippen LogP contribution is -2.48. The van der Waals surface area contributed by atoms with Gasteiger partial charge in [-0.05, 0) is 31.5 Å². The first-order valence-corrected chi connectivity index (χ1v) is 11.5. The van der Waals surface area contributed by atoms with Crippen LogP contribution >= 0.6 is 0 Å². The number of ketones is 1. The van der Waals surface area contributed by atoms with Crippen LogP contribution in [0.25, 0.3) is 5.69 Å². The van der Waals surface area contributed by atoms with E-state index in [4.69, 9.17) is 5.10 Å². The summed E-state index contributed by atoms with van der Waals surface area (Å²) in [6, 6.07) is 18.4. The summed E-state index contributed by atoms with van der Waals surface area (Å²) in [5, 5.41) is 4.76. The van der Waals surface area contributed by atoms with Crippen molar-refractivity contribution in [1.29, 1.82) is 0 Å². The molecular formula is C27H28N6O. The zero-order valence-electron chi connectivity index (χ0n) is 19.5. The van der Waals surface area contributed by atoms with Crippen LogP contribution in [-0.2, 0) is 6.54 Å². The van der Waals surface area contributed by atoms with Crippen LogP contribution in [0, 0.1) is 6.92 Å². The zero-order chi connectivity index (χ0) is 23.5. The summed E-state index contributed by atoms with van der Waals surface area (Å²) in [6.45, 7) is 7.01. The molecule has 1 aliphatic heterocycles. The monoisotopic (exact) mass is 452 g/mol. The molecule has 0 saturated carbocycles. The summed E-state index contributed by atoms with van der Waals surface area (Å²) in [7, 11) is 0. The normalized spacial score (nSPS) is 16.5. The number of anilines is 1. The number of carbonyl (C=O) groups excluding carboxylic acids is 1. The molecule has 172 valence electrons. The molecular weight excluding hydrogens is 424 g/mol. The maximum Gasteiger partial charge on any atom is 0.159 e. The van der Waals surface area contributed by atoms with Gasteiger partial charge in [0, 0.05) is 55.9 Å². The van der Waals surface area contributed by atoms with Crippen molar-refractivity contribution in [1.82, 2.24) is 24.6 Å². The number of carbonyl (C=O) groups is 1. The molecule has 7 nitrogen and oxygen atoms in total. The van der Waals surface area contributed by atoms with Crippen molar-refractivity contribution < 1.29 is 4.79 Å². The number of hydrogen-bond donors (Lipinski definition) is 0. The van der Waals surface area contributed by atoms with Crippen LogP contribution in [0.1, 0.15) is 40.1 Å². The number of para-hydroxylation sites is 1. The Labute approximate surface area is 199 Å². The molecule has 34 heavy (non-hydrogen) atoms. The molecule has 0 radical (unpaired) electrons. The van der Waals surface area contributed by atoms with E-state index < -0.39 is 0 Å². The quantitative estimate of drug-likeness (QED) is 0.408. The SMILES string of the molecule is CC(=O)c1ccc(C2CN(c3cnccn3)CCN2Cc2cn(-c3ccccc3)nc2C)cc1. The molecule has 1 fully saturated rings. The molecule has 2 aromatic carbocycles. The smallest absolute Gasteiger partial charge is 0.159 e. The van der Waals surface area contributed by atoms with Crippen molar-refractivity contribution in [2.24, 2.45) is 0 Å². The van der Waals surface area contributed by atoms with Gasteiger partial charge in [0.25, 0.3) is 0 Å². The first kappa shape index (κ1) is 22.0. The van der Waals surface area contributed by atoms with Gasteiger partial charge in [-0.1, -0.05) is 42.5 Å². The van der Waals surface area contributed by atoms with E-state index in [1.54, 1.807) is 19.3 Å². The second-order valence-corrected chi connectivity index (χ2v) is 8.69. The minimum Gasteiger partial charge on any atom is -0.352 e. The number of aromatic nitrogens is 4. The third-order valence-corrected chi connectivity index (χ3v) is 6.46. The number of aryl methyl sites for hydroxylation is 1. The van der Waals surface area contributed by atoms with Gasteiger partial charge in [-0.2, -0.15) is 5.10 Å². The Balaban J connectivity index is 1.43. The van der Waals surface area contributed by atoms with Gasteiger partial charge in [0.2, 0.25) is 0 Å². The Morgan fingerprint density at radius 1 is 1.03 bits per heavy atom. The Morgan fingerprint density at radius 2 is 1.82 bits per heavy atom. The molecule has 1 unspecified atom stereocenters. The molecule has 0 aliphatic carbocycles. The third kappa shape index (κ3) is 4.61. The van der Waals surface area contributed by atoms with Gasteiger partial charge in [0.1, 0.15) is 5.82 Å². The van der Waals surface area contributed by atoms with Crippen LogP contribution in [0.4, 0.5) is 5.82 Å². The van der Waals surface area contributed by atoms with E-state index in [1.807, 2.05) is 41.2 Å². The maximum atomic E-state index is 11.8. The highest BCUT2D eigenvalue weighted by Gasteiger charge is 2.30. The van der Waals surface area contributed by atoms with Gasteiger partial charge >= 0.3 is 0 Å². The lowest BCUT2D eigenvalue weighted by atomic mass is 9.99. The Morgan fingerprint density at radius 3 is 2.53 bits per heavy atom. The Kier molecular flexibility index (Phi) is 6.18. The number of nitrogens with zero attached hydrogens (tertiary/aromatic N) is 6. The number of Topliss-reactive ketones (excluding diaryl/α,β-unsaturated/α-hetero) is 1. The molecule has 0 bridgehead atoms. The summed E-state index contributed by atoms with van der Waals surface area (Å²) in [5.74, 6) is 0.970. The summed E-state index contributed by atoms with van der Waals surface area (Å²) >= 11 is 0. The Bertz CT molecular complexity index is 1250. The van der Waals surface area contributed by atoms with Gasteiger partial charge in [-0.15, -0.1) is 0 Å². The van der Waals surface area contributed by atoms with Gasteiger partial charge in [-0.25, -0.2) is 9.67 Å². The second-order valence-electron chi connectivity index (χ2n) is 8.69. The van der Waals surface area contributed by atoms with E-state index in [-0.39, 0.29) is 11.8 Å². The van der Waals surface area contributed by atoms with Crippen molar-refractivity contribution in [3.8, 4) is 5.69 Å². The molecule has 2 aromatic heterocycles. The van der Waals surface area contributed by atoms with Crippen LogP contribution < -0.4 is 4.90 Å². The number of benzene rings is 2. The second kappa shape index (κ2) is 9.57. The van der Waals surface area contributed by atoms with Crippen molar-refractivity contribution >= 4 is 11.6 Å². The number of rotatable bonds is 6. The number of piperazine rings is 1. The highest BCUT2D eigenvalue weighted by atomic mass is 16.1. The highest BCUT2D eigenvalue weighted by molar-refractivity contribution is 5.94. The fraction of sp³-hybridized carbons (Fsp3) is 0.259. The van der Waals surface area contributed by atoms with Gasteiger partial charge < -0.3 is 4.90 Å². The Hall–Kier alpha value is -3.84. The lowest BCUT2D eigenvalue weighted by Gasteiger charge is -2.42. The van der Waals surface area contributed by atoms with Crippen molar-refractivity contribution in [3.63, 3.8) is 0 Å². The van der Waals surface area contributed by atoms with Crippen molar-refractivity contribution in [3.05, 3.63) is 102 Å². The first-order valence-electron chi connectivity index (χ1n) is 11.5. The first-order chi connectivity index (χ1) is 16.6. The molecule has 1 atom stereocenters. The third-order valence-electron chi connectivity index (χ3n) is 6.46. The van der Waals surface area contributed by atoms with Crippen LogP contribution in [0.15, 0.2) is 79.4 Å². The zero-order valence-corrected chi connectivity index (χ0v) is 19.5. The van der Waals surface area contributed by atoms with Gasteiger partial charge in [0.05, 0.1) is 23.6 Å². The van der Waals surface area contributed by atoms with E-state index in [2.05, 4.69) is 57.2 Å². The molecule has 7 heteroatoms. The average molecular weight is 453 g/mol. The molecule has 0 amide bonds. The minimum atomic E-state index is 0.0807. The van der Waals surface area contributed by atoms with E-state index in [1.165, 1.54) is 11.1 Å². The van der Waals surface area contributed by atoms with Crippen LogP contribution in [-0.4, -0.2) is 50.1 Å². The molecule has 0 spiro atoms. The van der Waals surface area contributed by atoms with Crippen LogP contribution in [0.3, 0.4) is 0 Å². The summed E-state index contributed by atoms with van der Waals surface area (Å²) in [4.78, 5) is 25.3. The standard InChI is InChI=1S/C27H28N6O/c1-20-24(18-33(30-20)25-6-4-3-5-7-25)17-31-14-15-32(27-16-28-12-13-29-27)19-26(31)23-10-8-22(9-11-23)21(2)34/h3-13,16,18,26H,14-15,17,19H2,1-2H3. The van der Waals surface area contributed by atoms with E-state index in [0.717, 1.165) is 48.9 Å². The topological polar surface area (TPSA) is 67.2 Å². The lowest BCUT2D eigenvalue weighted by molar-refractivity contribution is 0.101. The fourth-order valence-corrected chi connectivity index (χ4v) is 4.51. The molecule has 1 saturated heterocycles. The van der Waals surface area contributed by atoms with Crippen molar-refractivity contribution in [2.45, 2.75) is 26.4 Å². The van der Waals surface area contributed by atoms with Gasteiger partial charge in [-0.3, -0.25) is 14.7 Å². The summed E-state index contributed by atoms with van der Waals surface area (Å²) in [6.07, 6.45) is 7.39. The van der Waals surface area contributed by atoms with Crippen LogP contribution in [0.5, 0.6) is 0 Å². The average Bonchev–Trinajstić information content (AvgIpc) is 3.25. The predicted octanol–water partition coefficient (Wildman–Crippen LogP) is 4.24. The van der Waals surface area contributed by atoms with E-state index in [0.29, 0.717) is 0 Å². The van der Waals surface area contributed by atoms with Crippen molar-refractivity contribution in [2.75, 3.05) is 24.5 Å². The minimum absolute atomic E-state index is 0.0807. The fourth-order valence-electron chi connectivity index (χ4n) is 4.51. The highest BCUT2D eigenvalue weighted by Crippen LogP contribution is 2.30.